The second-order valence-corrected chi connectivity index (χ2v) is 5.22. The molecule has 0 bridgehead atoms. The summed E-state index contributed by atoms with van der Waals surface area (Å²) >= 11 is 5.84. The Labute approximate surface area is 117 Å². The maximum Gasteiger partial charge on any atom is 0.180 e. The Morgan fingerprint density at radius 2 is 1.89 bits per heavy atom. The largest absolute Gasteiger partial charge is 0.383 e. The zero-order valence-corrected chi connectivity index (χ0v) is 11.3. The van der Waals surface area contributed by atoms with Crippen molar-refractivity contribution in [3.63, 3.8) is 0 Å². The summed E-state index contributed by atoms with van der Waals surface area (Å²) in [5.74, 6) is 1.19. The van der Waals surface area contributed by atoms with E-state index in [1.807, 2.05) is 6.07 Å². The molecular formula is C14H15ClN4. The molecule has 0 spiro atoms. The van der Waals surface area contributed by atoms with E-state index in [4.69, 9.17) is 17.3 Å². The Balaban J connectivity index is 2.06. The van der Waals surface area contributed by atoms with Gasteiger partial charge in [0.25, 0.3) is 0 Å². The van der Waals surface area contributed by atoms with Gasteiger partial charge >= 0.3 is 0 Å². The normalized spacial score (nSPS) is 14.8. The number of rotatable bonds is 1. The van der Waals surface area contributed by atoms with Gasteiger partial charge in [0.2, 0.25) is 0 Å². The molecule has 1 aliphatic carbocycles. The monoisotopic (exact) mass is 274 g/mol. The SMILES string of the molecule is Nc1nc(-c2ccc(Cl)cn2)nc2c1CCCCC2. The lowest BCUT2D eigenvalue weighted by atomic mass is 10.1. The smallest absolute Gasteiger partial charge is 0.180 e. The first-order chi connectivity index (χ1) is 9.24. The van der Waals surface area contributed by atoms with Crippen LogP contribution in [-0.2, 0) is 12.8 Å². The molecule has 2 N–H and O–H groups in total. The number of anilines is 1. The fourth-order valence-electron chi connectivity index (χ4n) is 2.42. The molecule has 4 nitrogen and oxygen atoms in total. The van der Waals surface area contributed by atoms with Gasteiger partial charge in [-0.3, -0.25) is 4.98 Å². The van der Waals surface area contributed by atoms with Gasteiger partial charge in [-0.2, -0.15) is 0 Å². The van der Waals surface area contributed by atoms with Crippen LogP contribution >= 0.6 is 11.6 Å². The van der Waals surface area contributed by atoms with Crippen molar-refractivity contribution in [3.8, 4) is 11.5 Å². The number of nitrogens with two attached hydrogens (primary N) is 1. The summed E-state index contributed by atoms with van der Waals surface area (Å²) in [6.07, 6.45) is 7.11. The highest BCUT2D eigenvalue weighted by Gasteiger charge is 2.16. The molecule has 0 fully saturated rings. The minimum atomic E-state index is 0.592. The summed E-state index contributed by atoms with van der Waals surface area (Å²) in [4.78, 5) is 13.3. The van der Waals surface area contributed by atoms with E-state index in [0.29, 0.717) is 22.4 Å². The molecule has 0 radical (unpaired) electrons. The average Bonchev–Trinajstić information content (AvgIpc) is 2.65. The van der Waals surface area contributed by atoms with E-state index in [0.717, 1.165) is 30.5 Å². The molecule has 1 aliphatic rings. The summed E-state index contributed by atoms with van der Waals surface area (Å²) in [6, 6.07) is 3.61. The number of pyridine rings is 1. The molecule has 2 heterocycles. The van der Waals surface area contributed by atoms with Gasteiger partial charge in [0.1, 0.15) is 11.5 Å². The van der Waals surface area contributed by atoms with E-state index in [-0.39, 0.29) is 0 Å². The van der Waals surface area contributed by atoms with Crippen molar-refractivity contribution in [2.24, 2.45) is 0 Å². The second-order valence-electron chi connectivity index (χ2n) is 4.78. The predicted molar refractivity (Wildman–Crippen MR) is 75.9 cm³/mol. The highest BCUT2D eigenvalue weighted by atomic mass is 35.5. The van der Waals surface area contributed by atoms with Crippen molar-refractivity contribution in [3.05, 3.63) is 34.6 Å². The van der Waals surface area contributed by atoms with E-state index in [1.165, 1.54) is 12.8 Å². The molecular weight excluding hydrogens is 260 g/mol. The predicted octanol–water partition coefficient (Wildman–Crippen LogP) is 3.04. The molecule has 5 heteroatoms. The molecule has 19 heavy (non-hydrogen) atoms. The van der Waals surface area contributed by atoms with Gasteiger partial charge in [-0.1, -0.05) is 18.0 Å². The Hall–Kier alpha value is -1.68. The molecule has 3 rings (SSSR count). The zero-order valence-electron chi connectivity index (χ0n) is 10.6. The van der Waals surface area contributed by atoms with E-state index < -0.39 is 0 Å². The molecule has 0 unspecified atom stereocenters. The molecule has 0 aromatic carbocycles. The van der Waals surface area contributed by atoms with Crippen LogP contribution < -0.4 is 5.73 Å². The fraction of sp³-hybridized carbons (Fsp3) is 0.357. The van der Waals surface area contributed by atoms with Crippen molar-refractivity contribution in [2.45, 2.75) is 32.1 Å². The topological polar surface area (TPSA) is 64.7 Å². The van der Waals surface area contributed by atoms with Crippen molar-refractivity contribution in [2.75, 3.05) is 5.73 Å². The van der Waals surface area contributed by atoms with Crippen LogP contribution in [0.5, 0.6) is 0 Å². The minimum Gasteiger partial charge on any atom is -0.383 e. The van der Waals surface area contributed by atoms with Crippen molar-refractivity contribution in [1.29, 1.82) is 0 Å². The second kappa shape index (κ2) is 5.13. The van der Waals surface area contributed by atoms with Crippen molar-refractivity contribution >= 4 is 17.4 Å². The summed E-state index contributed by atoms with van der Waals surface area (Å²) < 4.78 is 0. The molecule has 0 atom stereocenters. The van der Waals surface area contributed by atoms with Crippen LogP contribution in [0.4, 0.5) is 5.82 Å². The van der Waals surface area contributed by atoms with Gasteiger partial charge in [-0.25, -0.2) is 9.97 Å². The third kappa shape index (κ3) is 2.54. The molecule has 2 aromatic rings. The molecule has 0 saturated heterocycles. The van der Waals surface area contributed by atoms with Crippen LogP contribution in [0.15, 0.2) is 18.3 Å². The summed E-state index contributed by atoms with van der Waals surface area (Å²) in [6.45, 7) is 0. The van der Waals surface area contributed by atoms with Gasteiger partial charge in [0.05, 0.1) is 5.02 Å². The third-order valence-corrected chi connectivity index (χ3v) is 3.65. The lowest BCUT2D eigenvalue weighted by molar-refractivity contribution is 0.709. The van der Waals surface area contributed by atoms with Crippen molar-refractivity contribution < 1.29 is 0 Å². The number of aromatic nitrogens is 3. The molecule has 2 aromatic heterocycles. The molecule has 0 amide bonds. The molecule has 0 aliphatic heterocycles. The first-order valence-electron chi connectivity index (χ1n) is 6.51. The van der Waals surface area contributed by atoms with Gasteiger partial charge < -0.3 is 5.73 Å². The summed E-state index contributed by atoms with van der Waals surface area (Å²) in [5.41, 5.74) is 8.99. The number of nitrogens with zero attached hydrogens (tertiary/aromatic N) is 3. The van der Waals surface area contributed by atoms with E-state index >= 15 is 0 Å². The van der Waals surface area contributed by atoms with E-state index in [1.54, 1.807) is 12.3 Å². The highest BCUT2D eigenvalue weighted by molar-refractivity contribution is 6.30. The standard InChI is InChI=1S/C14H15ClN4/c15-9-6-7-12(17-8-9)14-18-11-5-3-1-2-4-10(11)13(16)19-14/h6-8H,1-5H2,(H2,16,18,19). The Bertz CT molecular complexity index is 595. The Kier molecular flexibility index (Phi) is 3.34. The maximum absolute atomic E-state index is 6.07. The summed E-state index contributed by atoms with van der Waals surface area (Å²) in [7, 11) is 0. The van der Waals surface area contributed by atoms with Crippen molar-refractivity contribution in [1.82, 2.24) is 15.0 Å². The lowest BCUT2D eigenvalue weighted by Gasteiger charge is -2.10. The number of aryl methyl sites for hydroxylation is 1. The number of nitrogen functional groups attached to an aromatic ring is 1. The Morgan fingerprint density at radius 1 is 1.05 bits per heavy atom. The highest BCUT2D eigenvalue weighted by Crippen LogP contribution is 2.25. The van der Waals surface area contributed by atoms with E-state index in [2.05, 4.69) is 15.0 Å². The quantitative estimate of drug-likeness (QED) is 0.812. The minimum absolute atomic E-state index is 0.592. The van der Waals surface area contributed by atoms with Crippen LogP contribution in [0.25, 0.3) is 11.5 Å². The molecule has 98 valence electrons. The third-order valence-electron chi connectivity index (χ3n) is 3.42. The fourth-order valence-corrected chi connectivity index (χ4v) is 2.53. The lowest BCUT2D eigenvalue weighted by Crippen LogP contribution is -2.07. The average molecular weight is 275 g/mol. The van der Waals surface area contributed by atoms with Gasteiger partial charge in [0.15, 0.2) is 5.82 Å². The van der Waals surface area contributed by atoms with Crippen LogP contribution in [-0.4, -0.2) is 15.0 Å². The first-order valence-corrected chi connectivity index (χ1v) is 6.89. The number of fused-ring (bicyclic) bond motifs is 1. The first kappa shape index (κ1) is 12.4. The number of hydrogen-bond acceptors (Lipinski definition) is 4. The maximum atomic E-state index is 6.07. The van der Waals surface area contributed by atoms with Gasteiger partial charge in [-0.15, -0.1) is 0 Å². The number of halogens is 1. The van der Waals surface area contributed by atoms with Gasteiger partial charge in [0, 0.05) is 17.5 Å². The van der Waals surface area contributed by atoms with Crippen LogP contribution in [0.2, 0.25) is 5.02 Å². The van der Waals surface area contributed by atoms with Crippen LogP contribution in [0, 0.1) is 0 Å². The number of hydrogen-bond donors (Lipinski definition) is 1. The van der Waals surface area contributed by atoms with Crippen LogP contribution in [0.1, 0.15) is 30.5 Å². The molecule has 0 saturated carbocycles. The van der Waals surface area contributed by atoms with Crippen LogP contribution in [0.3, 0.4) is 0 Å². The Morgan fingerprint density at radius 3 is 2.68 bits per heavy atom. The van der Waals surface area contributed by atoms with E-state index in [9.17, 15) is 0 Å². The summed E-state index contributed by atoms with van der Waals surface area (Å²) in [5, 5.41) is 0.603. The zero-order chi connectivity index (χ0) is 13.2. The van der Waals surface area contributed by atoms with Gasteiger partial charge in [-0.05, 0) is 37.8 Å².